The Morgan fingerprint density at radius 3 is 1.58 bits per heavy atom. The smallest absolute Gasteiger partial charge is 0.136 e. The minimum Gasteiger partial charge on any atom is -0.456 e. The van der Waals surface area contributed by atoms with Gasteiger partial charge in [0, 0.05) is 10.8 Å². The van der Waals surface area contributed by atoms with Crippen molar-refractivity contribution < 1.29 is 4.42 Å². The third-order valence-electron chi connectivity index (χ3n) is 9.08. The van der Waals surface area contributed by atoms with Crippen LogP contribution in [-0.2, 0) is 0 Å². The number of rotatable bonds is 4. The van der Waals surface area contributed by atoms with Gasteiger partial charge in [0.05, 0.1) is 0 Å². The van der Waals surface area contributed by atoms with E-state index < -0.39 is 0 Å². The van der Waals surface area contributed by atoms with E-state index >= 15 is 0 Å². The van der Waals surface area contributed by atoms with Crippen molar-refractivity contribution in [1.29, 1.82) is 0 Å². The molecule has 0 amide bonds. The molecule has 9 aromatic rings. The molecule has 0 spiro atoms. The SMILES string of the molecule is c1ccc(-c2ccc3c(-c4ccccc4-c4ccccc4)c4ccccc4c(-c4cccc5oc6ccccc6c45)c3c2)cc1. The van der Waals surface area contributed by atoms with Crippen LogP contribution in [0.4, 0.5) is 0 Å². The van der Waals surface area contributed by atoms with E-state index in [0.29, 0.717) is 0 Å². The summed E-state index contributed by atoms with van der Waals surface area (Å²) in [5, 5.41) is 7.22. The summed E-state index contributed by atoms with van der Waals surface area (Å²) in [5.41, 5.74) is 11.6. The highest BCUT2D eigenvalue weighted by molar-refractivity contribution is 6.26. The molecule has 1 nitrogen and oxygen atoms in total. The monoisotopic (exact) mass is 572 g/mol. The van der Waals surface area contributed by atoms with Crippen LogP contribution in [0.5, 0.6) is 0 Å². The fraction of sp³-hybridized carbons (Fsp3) is 0. The average molecular weight is 573 g/mol. The molecule has 0 atom stereocenters. The van der Waals surface area contributed by atoms with Crippen LogP contribution >= 0.6 is 0 Å². The van der Waals surface area contributed by atoms with E-state index in [1.165, 1.54) is 66.1 Å². The Kier molecular flexibility index (Phi) is 5.89. The van der Waals surface area contributed by atoms with Gasteiger partial charge in [-0.25, -0.2) is 0 Å². The average Bonchev–Trinajstić information content (AvgIpc) is 3.50. The third kappa shape index (κ3) is 4.09. The minimum absolute atomic E-state index is 0.906. The molecule has 0 N–H and O–H groups in total. The van der Waals surface area contributed by atoms with Gasteiger partial charge in [-0.3, -0.25) is 0 Å². The summed E-state index contributed by atoms with van der Waals surface area (Å²) in [6.45, 7) is 0. The van der Waals surface area contributed by atoms with E-state index in [2.05, 4.69) is 164 Å². The molecule has 1 aromatic heterocycles. The number of para-hydroxylation sites is 1. The lowest BCUT2D eigenvalue weighted by molar-refractivity contribution is 0.669. The molecule has 0 radical (unpaired) electrons. The van der Waals surface area contributed by atoms with Crippen molar-refractivity contribution in [3.8, 4) is 44.5 Å². The van der Waals surface area contributed by atoms with E-state index in [9.17, 15) is 0 Å². The molecule has 1 heteroatoms. The molecule has 0 aliphatic rings. The van der Waals surface area contributed by atoms with Crippen LogP contribution in [0.3, 0.4) is 0 Å². The van der Waals surface area contributed by atoms with Crippen molar-refractivity contribution in [2.75, 3.05) is 0 Å². The molecule has 1 heterocycles. The molecular weight excluding hydrogens is 544 g/mol. The summed E-state index contributed by atoms with van der Waals surface area (Å²) in [6.07, 6.45) is 0. The molecule has 0 fully saturated rings. The Hall–Kier alpha value is -5.92. The van der Waals surface area contributed by atoms with Crippen molar-refractivity contribution >= 4 is 43.5 Å². The van der Waals surface area contributed by atoms with E-state index in [4.69, 9.17) is 4.42 Å². The largest absolute Gasteiger partial charge is 0.456 e. The first-order chi connectivity index (χ1) is 22.3. The first-order valence-electron chi connectivity index (χ1n) is 15.4. The number of hydrogen-bond acceptors (Lipinski definition) is 1. The zero-order valence-electron chi connectivity index (χ0n) is 24.6. The second kappa shape index (κ2) is 10.4. The van der Waals surface area contributed by atoms with Crippen LogP contribution in [0.1, 0.15) is 0 Å². The first-order valence-corrected chi connectivity index (χ1v) is 15.4. The highest BCUT2D eigenvalue weighted by Gasteiger charge is 2.22. The Morgan fingerprint density at radius 1 is 0.289 bits per heavy atom. The summed E-state index contributed by atoms with van der Waals surface area (Å²) >= 11 is 0. The molecule has 0 unspecified atom stereocenters. The second-order valence-electron chi connectivity index (χ2n) is 11.6. The summed E-state index contributed by atoms with van der Waals surface area (Å²) in [6, 6.07) is 61.0. The fourth-order valence-corrected chi connectivity index (χ4v) is 7.12. The maximum atomic E-state index is 6.39. The van der Waals surface area contributed by atoms with Gasteiger partial charge in [0.2, 0.25) is 0 Å². The fourth-order valence-electron chi connectivity index (χ4n) is 7.12. The molecular formula is C44H28O. The van der Waals surface area contributed by atoms with Gasteiger partial charge in [0.25, 0.3) is 0 Å². The molecule has 9 rings (SSSR count). The summed E-state index contributed by atoms with van der Waals surface area (Å²) in [4.78, 5) is 0. The molecule has 0 saturated heterocycles. The number of benzene rings is 8. The van der Waals surface area contributed by atoms with Crippen LogP contribution in [0.25, 0.3) is 88.0 Å². The van der Waals surface area contributed by atoms with Crippen LogP contribution < -0.4 is 0 Å². The van der Waals surface area contributed by atoms with Gasteiger partial charge >= 0.3 is 0 Å². The molecule has 0 bridgehead atoms. The minimum atomic E-state index is 0.906. The number of hydrogen-bond donors (Lipinski definition) is 0. The highest BCUT2D eigenvalue weighted by Crippen LogP contribution is 2.49. The standard InChI is InChI=1S/C44H28O/c1-3-14-29(15-4-1)31-26-27-36-39(28-31)43(38-23-13-25-41-44(38)37-22-11-12-24-40(37)45-41)35-21-10-9-20-34(35)42(36)33-19-8-7-18-32(33)30-16-5-2-6-17-30/h1-28H. The lowest BCUT2D eigenvalue weighted by atomic mass is 9.82. The Bertz CT molecular complexity index is 2520. The molecule has 0 aliphatic heterocycles. The van der Waals surface area contributed by atoms with Crippen molar-refractivity contribution in [2.45, 2.75) is 0 Å². The lowest BCUT2D eigenvalue weighted by Gasteiger charge is -2.21. The van der Waals surface area contributed by atoms with Crippen molar-refractivity contribution in [1.82, 2.24) is 0 Å². The van der Waals surface area contributed by atoms with Crippen molar-refractivity contribution in [3.63, 3.8) is 0 Å². The molecule has 0 saturated carbocycles. The lowest BCUT2D eigenvalue weighted by Crippen LogP contribution is -1.93. The maximum absolute atomic E-state index is 6.39. The van der Waals surface area contributed by atoms with Gasteiger partial charge in [0.15, 0.2) is 0 Å². The summed E-state index contributed by atoms with van der Waals surface area (Å²) in [7, 11) is 0. The van der Waals surface area contributed by atoms with E-state index in [1.807, 2.05) is 6.07 Å². The number of fused-ring (bicyclic) bond motifs is 5. The van der Waals surface area contributed by atoms with E-state index in [0.717, 1.165) is 21.9 Å². The second-order valence-corrected chi connectivity index (χ2v) is 11.6. The van der Waals surface area contributed by atoms with Crippen LogP contribution in [-0.4, -0.2) is 0 Å². The molecule has 210 valence electrons. The molecule has 0 aliphatic carbocycles. The molecule has 8 aromatic carbocycles. The zero-order valence-corrected chi connectivity index (χ0v) is 24.6. The van der Waals surface area contributed by atoms with Gasteiger partial charge in [-0.1, -0.05) is 152 Å². The van der Waals surface area contributed by atoms with Gasteiger partial charge < -0.3 is 4.42 Å². The normalized spacial score (nSPS) is 11.6. The van der Waals surface area contributed by atoms with E-state index in [-0.39, 0.29) is 0 Å². The predicted octanol–water partition coefficient (Wildman–Crippen LogP) is 12.6. The zero-order chi connectivity index (χ0) is 29.7. The Balaban J connectivity index is 1.47. The van der Waals surface area contributed by atoms with Crippen LogP contribution in [0, 0.1) is 0 Å². The molecule has 45 heavy (non-hydrogen) atoms. The van der Waals surface area contributed by atoms with E-state index in [1.54, 1.807) is 0 Å². The van der Waals surface area contributed by atoms with Gasteiger partial charge in [0.1, 0.15) is 11.2 Å². The highest BCUT2D eigenvalue weighted by atomic mass is 16.3. The maximum Gasteiger partial charge on any atom is 0.136 e. The summed E-state index contributed by atoms with van der Waals surface area (Å²) in [5.74, 6) is 0. The van der Waals surface area contributed by atoms with Crippen LogP contribution in [0.2, 0.25) is 0 Å². The van der Waals surface area contributed by atoms with Gasteiger partial charge in [-0.2, -0.15) is 0 Å². The first kappa shape index (κ1) is 25.6. The number of furan rings is 1. The Labute approximate surface area is 261 Å². The van der Waals surface area contributed by atoms with Crippen LogP contribution in [0.15, 0.2) is 174 Å². The van der Waals surface area contributed by atoms with Gasteiger partial charge in [-0.05, 0) is 84.3 Å². The van der Waals surface area contributed by atoms with Gasteiger partial charge in [-0.15, -0.1) is 0 Å². The quantitative estimate of drug-likeness (QED) is 0.191. The van der Waals surface area contributed by atoms with Crippen molar-refractivity contribution in [2.24, 2.45) is 0 Å². The Morgan fingerprint density at radius 2 is 0.822 bits per heavy atom. The third-order valence-corrected chi connectivity index (χ3v) is 9.08. The van der Waals surface area contributed by atoms with Crippen molar-refractivity contribution in [3.05, 3.63) is 170 Å². The summed E-state index contributed by atoms with van der Waals surface area (Å²) < 4.78 is 6.39. The predicted molar refractivity (Wildman–Crippen MR) is 190 cm³/mol. The topological polar surface area (TPSA) is 13.1 Å².